The van der Waals surface area contributed by atoms with Crippen LogP contribution in [-0.2, 0) is 22.7 Å². The van der Waals surface area contributed by atoms with Crippen molar-refractivity contribution in [3.63, 3.8) is 0 Å². The number of para-hydroxylation sites is 2. The van der Waals surface area contributed by atoms with Gasteiger partial charge in [-0.25, -0.2) is 8.42 Å². The SMILES string of the molecule is CCc1cc(C(=O)N2CS(=O)(=O)c3ccccc32)cc(C#N)c1OC.CCc1cc(C(=O)N2CSc3ccccc32)cc(C#N)c1OC. The minimum absolute atomic E-state index is 0.0868. The molecule has 2 aliphatic heterocycles. The zero-order valence-electron chi connectivity index (χ0n) is 26.8. The van der Waals surface area contributed by atoms with Gasteiger partial charge in [0.15, 0.2) is 9.84 Å². The van der Waals surface area contributed by atoms with Crippen LogP contribution in [0.3, 0.4) is 0 Å². The van der Waals surface area contributed by atoms with Gasteiger partial charge in [-0.15, -0.1) is 11.8 Å². The first-order chi connectivity index (χ1) is 23.1. The molecule has 0 unspecified atom stereocenters. The lowest BCUT2D eigenvalue weighted by atomic mass is 10.0. The molecule has 2 aliphatic rings. The van der Waals surface area contributed by atoms with Crippen LogP contribution in [0.15, 0.2) is 82.6 Å². The second-order valence-electron chi connectivity index (χ2n) is 10.8. The number of amides is 2. The maximum atomic E-state index is 12.9. The second kappa shape index (κ2) is 14.2. The maximum absolute atomic E-state index is 12.9. The molecule has 0 saturated heterocycles. The fourth-order valence-corrected chi connectivity index (χ4v) is 8.25. The Morgan fingerprint density at radius 2 is 1.27 bits per heavy atom. The molecule has 12 heteroatoms. The van der Waals surface area contributed by atoms with E-state index in [1.165, 1.54) is 24.1 Å². The van der Waals surface area contributed by atoms with Crippen molar-refractivity contribution in [2.45, 2.75) is 36.5 Å². The molecular formula is C36H32N4O6S2. The van der Waals surface area contributed by atoms with Crippen LogP contribution in [0.4, 0.5) is 11.4 Å². The minimum Gasteiger partial charge on any atom is -0.495 e. The summed E-state index contributed by atoms with van der Waals surface area (Å²) in [6.07, 6.45) is 1.28. The highest BCUT2D eigenvalue weighted by molar-refractivity contribution is 8.00. The van der Waals surface area contributed by atoms with Gasteiger partial charge >= 0.3 is 0 Å². The van der Waals surface area contributed by atoms with Crippen LogP contribution in [0, 0.1) is 22.7 Å². The molecule has 4 aromatic carbocycles. The molecule has 0 spiro atoms. The summed E-state index contributed by atoms with van der Waals surface area (Å²) in [6, 6.07) is 24.9. The lowest BCUT2D eigenvalue weighted by Crippen LogP contribution is -2.30. The quantitative estimate of drug-likeness (QED) is 0.227. The van der Waals surface area contributed by atoms with E-state index in [9.17, 15) is 28.5 Å². The molecule has 0 bridgehead atoms. The summed E-state index contributed by atoms with van der Waals surface area (Å²) in [6.45, 7) is 3.87. The number of methoxy groups -OCH3 is 2. The third-order valence-electron chi connectivity index (χ3n) is 8.02. The molecule has 2 heterocycles. The lowest BCUT2D eigenvalue weighted by Gasteiger charge is -2.18. The molecule has 0 fully saturated rings. The molecule has 0 aromatic heterocycles. The fraction of sp³-hybridized carbons (Fsp3) is 0.222. The van der Waals surface area contributed by atoms with Crippen molar-refractivity contribution in [3.8, 4) is 23.6 Å². The van der Waals surface area contributed by atoms with Gasteiger partial charge in [0.05, 0.1) is 47.5 Å². The van der Waals surface area contributed by atoms with Gasteiger partial charge < -0.3 is 9.47 Å². The van der Waals surface area contributed by atoms with E-state index in [4.69, 9.17) is 9.47 Å². The van der Waals surface area contributed by atoms with Gasteiger partial charge in [-0.3, -0.25) is 19.4 Å². The molecule has 48 heavy (non-hydrogen) atoms. The Kier molecular flexibility index (Phi) is 10.1. The normalized spacial score (nSPS) is 13.7. The number of nitrogens with zero attached hydrogens (tertiary/aromatic N) is 4. The number of fused-ring (bicyclic) bond motifs is 2. The molecule has 4 aromatic rings. The smallest absolute Gasteiger partial charge is 0.259 e. The highest BCUT2D eigenvalue weighted by atomic mass is 32.2. The third kappa shape index (κ3) is 6.33. The summed E-state index contributed by atoms with van der Waals surface area (Å²) in [4.78, 5) is 30.1. The van der Waals surface area contributed by atoms with Crippen LogP contribution in [0.5, 0.6) is 11.5 Å². The van der Waals surface area contributed by atoms with Crippen LogP contribution >= 0.6 is 11.8 Å². The van der Waals surface area contributed by atoms with Crippen LogP contribution in [0.25, 0.3) is 0 Å². The average Bonchev–Trinajstić information content (AvgIpc) is 3.68. The number of anilines is 2. The van der Waals surface area contributed by atoms with Crippen molar-refractivity contribution in [3.05, 3.63) is 106 Å². The van der Waals surface area contributed by atoms with Crippen LogP contribution < -0.4 is 19.3 Å². The first-order valence-electron chi connectivity index (χ1n) is 15.0. The van der Waals surface area contributed by atoms with Crippen molar-refractivity contribution in [1.82, 2.24) is 0 Å². The van der Waals surface area contributed by atoms with Crippen LogP contribution in [-0.4, -0.2) is 46.2 Å². The summed E-state index contributed by atoms with van der Waals surface area (Å²) in [5, 5.41) is 18.7. The Labute approximate surface area is 284 Å². The molecule has 6 rings (SSSR count). The number of ether oxygens (including phenoxy) is 2. The van der Waals surface area contributed by atoms with Crippen LogP contribution in [0.2, 0.25) is 0 Å². The highest BCUT2D eigenvalue weighted by Crippen LogP contribution is 2.39. The highest BCUT2D eigenvalue weighted by Gasteiger charge is 2.36. The Bertz CT molecular complexity index is 2120. The molecule has 0 aliphatic carbocycles. The van der Waals surface area contributed by atoms with E-state index in [0.29, 0.717) is 47.0 Å². The topological polar surface area (TPSA) is 141 Å². The number of carbonyl (C=O) groups is 2. The molecule has 244 valence electrons. The number of thioether (sulfide) groups is 1. The fourth-order valence-electron chi connectivity index (χ4n) is 5.70. The summed E-state index contributed by atoms with van der Waals surface area (Å²) in [5.41, 5.74) is 4.32. The molecule has 0 saturated carbocycles. The van der Waals surface area contributed by atoms with Crippen LogP contribution in [0.1, 0.15) is 56.8 Å². The third-order valence-corrected chi connectivity index (χ3v) is 10.7. The van der Waals surface area contributed by atoms with E-state index in [2.05, 4.69) is 6.07 Å². The van der Waals surface area contributed by atoms with Gasteiger partial charge in [-0.2, -0.15) is 10.5 Å². The molecule has 0 N–H and O–H groups in total. The number of rotatable bonds is 6. The van der Waals surface area contributed by atoms with Gasteiger partial charge in [-0.1, -0.05) is 38.1 Å². The van der Waals surface area contributed by atoms with E-state index in [0.717, 1.165) is 21.7 Å². The van der Waals surface area contributed by atoms with Crippen molar-refractivity contribution >= 4 is 44.8 Å². The Hall–Kier alpha value is -5.30. The lowest BCUT2D eigenvalue weighted by molar-refractivity contribution is 0.0984. The van der Waals surface area contributed by atoms with E-state index in [1.54, 1.807) is 54.1 Å². The predicted octanol–water partition coefficient (Wildman–Crippen LogP) is 6.36. The standard InChI is InChI=1S/C18H16N2O4S.C18H16N2O2S/c1-3-12-8-13(9-14(10-19)17(12)24-2)18(21)20-11-25(22,23)16-7-5-4-6-15(16)20;1-3-12-8-13(9-14(10-19)17(12)22-2)18(21)20-11-23-16-7-5-4-6-15(16)20/h4-9H,3,11H2,1-2H3;4-9H,3,11H2,1-2H3. The van der Waals surface area contributed by atoms with E-state index in [-0.39, 0.29) is 21.9 Å². The van der Waals surface area contributed by atoms with Gasteiger partial charge in [0.2, 0.25) is 0 Å². The number of hydrogen-bond acceptors (Lipinski definition) is 9. The van der Waals surface area contributed by atoms with Gasteiger partial charge in [0, 0.05) is 16.0 Å². The zero-order chi connectivity index (χ0) is 34.6. The largest absolute Gasteiger partial charge is 0.495 e. The number of aryl methyl sites for hydroxylation is 2. The maximum Gasteiger partial charge on any atom is 0.259 e. The second-order valence-corrected chi connectivity index (χ2v) is 13.7. The molecule has 2 amide bonds. The molecule has 0 radical (unpaired) electrons. The Morgan fingerprint density at radius 3 is 1.79 bits per heavy atom. The van der Waals surface area contributed by atoms with Gasteiger partial charge in [0.25, 0.3) is 11.8 Å². The average molecular weight is 681 g/mol. The summed E-state index contributed by atoms with van der Waals surface area (Å²) in [5.74, 6) is 0.645. The molecular weight excluding hydrogens is 649 g/mol. The number of carbonyl (C=O) groups excluding carboxylic acids is 2. The number of nitriles is 2. The van der Waals surface area contributed by atoms with E-state index < -0.39 is 21.6 Å². The molecule has 10 nitrogen and oxygen atoms in total. The zero-order valence-corrected chi connectivity index (χ0v) is 28.4. The Morgan fingerprint density at radius 1 is 0.771 bits per heavy atom. The van der Waals surface area contributed by atoms with Gasteiger partial charge in [-0.05, 0) is 72.5 Å². The summed E-state index contributed by atoms with van der Waals surface area (Å²) in [7, 11) is -0.518. The summed E-state index contributed by atoms with van der Waals surface area (Å²) < 4.78 is 35.1. The van der Waals surface area contributed by atoms with Crippen molar-refractivity contribution in [1.29, 1.82) is 10.5 Å². The minimum atomic E-state index is -3.54. The van der Waals surface area contributed by atoms with Gasteiger partial charge in [0.1, 0.15) is 29.5 Å². The van der Waals surface area contributed by atoms with Crippen molar-refractivity contribution in [2.24, 2.45) is 0 Å². The molecule has 0 atom stereocenters. The van der Waals surface area contributed by atoms with E-state index >= 15 is 0 Å². The number of sulfone groups is 1. The van der Waals surface area contributed by atoms with Crippen molar-refractivity contribution < 1.29 is 27.5 Å². The predicted molar refractivity (Wildman–Crippen MR) is 183 cm³/mol. The first-order valence-corrected chi connectivity index (χ1v) is 17.6. The first kappa shape index (κ1) is 34.0. The number of hydrogen-bond donors (Lipinski definition) is 0. The van der Waals surface area contributed by atoms with Crippen molar-refractivity contribution in [2.75, 3.05) is 35.8 Å². The Balaban J connectivity index is 0.000000188. The van der Waals surface area contributed by atoms with E-state index in [1.807, 2.05) is 50.2 Å². The summed E-state index contributed by atoms with van der Waals surface area (Å²) >= 11 is 1.64. The monoisotopic (exact) mass is 680 g/mol. The number of benzene rings is 4.